The van der Waals surface area contributed by atoms with Crippen LogP contribution in [0, 0.1) is 0 Å². The lowest BCUT2D eigenvalue weighted by atomic mass is 10.1. The van der Waals surface area contributed by atoms with Gasteiger partial charge in [-0.3, -0.25) is 9.69 Å². The van der Waals surface area contributed by atoms with Crippen molar-refractivity contribution in [3.63, 3.8) is 0 Å². The van der Waals surface area contributed by atoms with Gasteiger partial charge in [0.05, 0.1) is 13.1 Å². The molecule has 0 aromatic heterocycles. The summed E-state index contributed by atoms with van der Waals surface area (Å²) < 4.78 is 11.7. The fraction of sp³-hybridized carbons (Fsp3) is 0.381. The number of ether oxygens (including phenoxy) is 2. The van der Waals surface area contributed by atoms with Crippen molar-refractivity contribution in [3.05, 3.63) is 59.7 Å². The van der Waals surface area contributed by atoms with Crippen molar-refractivity contribution in [2.45, 2.75) is 19.1 Å². The van der Waals surface area contributed by atoms with Crippen LogP contribution in [0.25, 0.3) is 0 Å². The zero-order chi connectivity index (χ0) is 17.9. The van der Waals surface area contributed by atoms with E-state index in [4.69, 9.17) is 9.47 Å². The van der Waals surface area contributed by atoms with Gasteiger partial charge in [-0.25, -0.2) is 0 Å². The second-order valence-corrected chi connectivity index (χ2v) is 6.99. The molecule has 26 heavy (non-hydrogen) atoms. The Morgan fingerprint density at radius 1 is 1.12 bits per heavy atom. The fourth-order valence-corrected chi connectivity index (χ4v) is 3.59. The van der Waals surface area contributed by atoms with E-state index in [2.05, 4.69) is 17.0 Å². The van der Waals surface area contributed by atoms with E-state index >= 15 is 0 Å². The number of carbonyl (C=O) groups excluding carboxylic acids is 1. The number of fused-ring (bicyclic) bond motifs is 2. The van der Waals surface area contributed by atoms with Gasteiger partial charge in [0.15, 0.2) is 0 Å². The van der Waals surface area contributed by atoms with E-state index in [1.165, 1.54) is 5.56 Å². The molecule has 2 aromatic rings. The molecule has 1 atom stereocenters. The molecule has 2 aliphatic heterocycles. The van der Waals surface area contributed by atoms with E-state index < -0.39 is 0 Å². The van der Waals surface area contributed by atoms with Gasteiger partial charge in [0, 0.05) is 32.1 Å². The average Bonchev–Trinajstić information content (AvgIpc) is 2.93. The molecule has 2 aliphatic rings. The minimum absolute atomic E-state index is 0.0366. The highest BCUT2D eigenvalue weighted by Crippen LogP contribution is 2.28. The molecule has 2 heterocycles. The van der Waals surface area contributed by atoms with Crippen LogP contribution in [0.2, 0.25) is 0 Å². The smallest absolute Gasteiger partial charge is 0.236 e. The Hall–Kier alpha value is -2.53. The zero-order valence-corrected chi connectivity index (χ0v) is 15.1. The van der Waals surface area contributed by atoms with E-state index in [0.29, 0.717) is 19.7 Å². The summed E-state index contributed by atoms with van der Waals surface area (Å²) in [6.07, 6.45) is 0.896. The van der Waals surface area contributed by atoms with Gasteiger partial charge in [0.2, 0.25) is 5.91 Å². The number of likely N-dealkylation sites (N-methyl/N-ethyl adjacent to an activating group) is 1. The van der Waals surface area contributed by atoms with E-state index in [9.17, 15) is 4.79 Å². The molecule has 0 unspecified atom stereocenters. The summed E-state index contributed by atoms with van der Waals surface area (Å²) >= 11 is 0. The van der Waals surface area contributed by atoms with Crippen LogP contribution in [-0.4, -0.2) is 55.1 Å². The summed E-state index contributed by atoms with van der Waals surface area (Å²) in [4.78, 5) is 16.6. The van der Waals surface area contributed by atoms with Crippen molar-refractivity contribution >= 4 is 5.91 Å². The van der Waals surface area contributed by atoms with Crippen LogP contribution >= 0.6 is 0 Å². The Balaban J connectivity index is 1.32. The second kappa shape index (κ2) is 7.38. The third-order valence-electron chi connectivity index (χ3n) is 5.01. The van der Waals surface area contributed by atoms with Crippen molar-refractivity contribution in [3.8, 4) is 11.5 Å². The first-order valence-corrected chi connectivity index (χ1v) is 9.10. The number of para-hydroxylation sites is 2. The van der Waals surface area contributed by atoms with Crippen molar-refractivity contribution in [2.75, 3.05) is 33.3 Å². The van der Waals surface area contributed by atoms with Crippen molar-refractivity contribution in [1.82, 2.24) is 9.80 Å². The Morgan fingerprint density at radius 3 is 2.65 bits per heavy atom. The van der Waals surface area contributed by atoms with Crippen molar-refractivity contribution in [1.29, 1.82) is 0 Å². The summed E-state index contributed by atoms with van der Waals surface area (Å²) in [5.74, 6) is 1.98. The quantitative estimate of drug-likeness (QED) is 0.847. The topological polar surface area (TPSA) is 42.0 Å². The molecule has 2 aromatic carbocycles. The highest BCUT2D eigenvalue weighted by atomic mass is 16.5. The summed E-state index contributed by atoms with van der Waals surface area (Å²) in [6, 6.07) is 16.1. The maximum absolute atomic E-state index is 12.7. The molecule has 5 nitrogen and oxygen atoms in total. The fourth-order valence-electron chi connectivity index (χ4n) is 3.59. The Labute approximate surface area is 154 Å². The first-order valence-electron chi connectivity index (χ1n) is 9.10. The molecular weight excluding hydrogens is 328 g/mol. The number of rotatable bonds is 4. The molecule has 0 bridgehead atoms. The number of hydrogen-bond donors (Lipinski definition) is 0. The van der Waals surface area contributed by atoms with Gasteiger partial charge in [-0.15, -0.1) is 0 Å². The Kier molecular flexibility index (Phi) is 4.80. The van der Waals surface area contributed by atoms with Gasteiger partial charge in [0.1, 0.15) is 24.2 Å². The molecule has 0 saturated carbocycles. The van der Waals surface area contributed by atoms with Crippen LogP contribution in [0.15, 0.2) is 48.5 Å². The van der Waals surface area contributed by atoms with Crippen LogP contribution in [0.1, 0.15) is 11.1 Å². The molecule has 0 fully saturated rings. The largest absolute Gasteiger partial charge is 0.492 e. The lowest BCUT2D eigenvalue weighted by molar-refractivity contribution is -0.132. The van der Waals surface area contributed by atoms with E-state index in [-0.39, 0.29) is 12.0 Å². The lowest BCUT2D eigenvalue weighted by Gasteiger charge is -2.25. The predicted molar refractivity (Wildman–Crippen MR) is 99.4 cm³/mol. The van der Waals surface area contributed by atoms with Gasteiger partial charge >= 0.3 is 0 Å². The van der Waals surface area contributed by atoms with Crippen molar-refractivity contribution in [2.24, 2.45) is 0 Å². The molecule has 0 spiro atoms. The average molecular weight is 352 g/mol. The maximum atomic E-state index is 12.7. The molecule has 0 radical (unpaired) electrons. The zero-order valence-electron chi connectivity index (χ0n) is 15.1. The van der Waals surface area contributed by atoms with Crippen LogP contribution in [0.3, 0.4) is 0 Å². The number of benzene rings is 2. The first kappa shape index (κ1) is 16.9. The minimum atomic E-state index is 0.0366. The highest BCUT2D eigenvalue weighted by Gasteiger charge is 2.26. The summed E-state index contributed by atoms with van der Waals surface area (Å²) in [6.45, 7) is 3.10. The van der Waals surface area contributed by atoms with E-state index in [1.807, 2.05) is 43.4 Å². The molecule has 0 aliphatic carbocycles. The number of carbonyl (C=O) groups is 1. The summed E-state index contributed by atoms with van der Waals surface area (Å²) in [5.41, 5.74) is 2.36. The third kappa shape index (κ3) is 3.68. The van der Waals surface area contributed by atoms with Crippen LogP contribution in [0.5, 0.6) is 11.5 Å². The van der Waals surface area contributed by atoms with Gasteiger partial charge in [-0.2, -0.15) is 0 Å². The van der Waals surface area contributed by atoms with Crippen molar-refractivity contribution < 1.29 is 14.3 Å². The molecule has 136 valence electrons. The standard InChI is InChI=1S/C21H24N2O3/c1-22(14-18-12-16-6-2-5-9-20(16)26-18)21(24)15-23-10-11-25-19-8-4-3-7-17(19)13-23/h2-9,18H,10-15H2,1H3/t18-/m0/s1. The Morgan fingerprint density at radius 2 is 1.85 bits per heavy atom. The SMILES string of the molecule is CN(C[C@@H]1Cc2ccccc2O1)C(=O)CN1CCOc2ccccc2C1. The van der Waals surface area contributed by atoms with Gasteiger partial charge < -0.3 is 14.4 Å². The first-order chi connectivity index (χ1) is 12.7. The molecule has 5 heteroatoms. The normalized spacial score (nSPS) is 18.9. The number of hydrogen-bond acceptors (Lipinski definition) is 4. The van der Waals surface area contributed by atoms with Gasteiger partial charge in [-0.05, 0) is 17.7 Å². The van der Waals surface area contributed by atoms with Crippen LogP contribution < -0.4 is 9.47 Å². The monoisotopic (exact) mass is 352 g/mol. The molecule has 4 rings (SSSR count). The number of amides is 1. The van der Waals surface area contributed by atoms with Crippen LogP contribution in [0.4, 0.5) is 0 Å². The predicted octanol–water partition coefficient (Wildman–Crippen LogP) is 2.34. The van der Waals surface area contributed by atoms with E-state index in [1.54, 1.807) is 4.90 Å². The molecule has 1 amide bonds. The van der Waals surface area contributed by atoms with Gasteiger partial charge in [-0.1, -0.05) is 36.4 Å². The molecule has 0 saturated heterocycles. The summed E-state index contributed by atoms with van der Waals surface area (Å²) in [7, 11) is 1.86. The maximum Gasteiger partial charge on any atom is 0.236 e. The van der Waals surface area contributed by atoms with Gasteiger partial charge in [0.25, 0.3) is 0 Å². The Bertz CT molecular complexity index is 767. The summed E-state index contributed by atoms with van der Waals surface area (Å²) in [5, 5.41) is 0. The molecular formula is C21H24N2O3. The lowest BCUT2D eigenvalue weighted by Crippen LogP contribution is -2.42. The minimum Gasteiger partial charge on any atom is -0.492 e. The van der Waals surface area contributed by atoms with Crippen LogP contribution in [-0.2, 0) is 17.8 Å². The van der Waals surface area contributed by atoms with E-state index in [0.717, 1.165) is 36.6 Å². The highest BCUT2D eigenvalue weighted by molar-refractivity contribution is 5.78. The number of nitrogens with zero attached hydrogens (tertiary/aromatic N) is 2. The second-order valence-electron chi connectivity index (χ2n) is 6.99. The third-order valence-corrected chi connectivity index (χ3v) is 5.01. The molecule has 0 N–H and O–H groups in total.